The first-order chi connectivity index (χ1) is 14.8. The number of ether oxygens (including phenoxy) is 2. The zero-order valence-corrected chi connectivity index (χ0v) is 20.5. The Kier molecular flexibility index (Phi) is 9.04. The minimum absolute atomic E-state index is 0.0821. The van der Waals surface area contributed by atoms with Gasteiger partial charge in [0.1, 0.15) is 11.2 Å². The second kappa shape index (κ2) is 11.1. The van der Waals surface area contributed by atoms with Gasteiger partial charge >= 0.3 is 18.2 Å². The molecule has 0 heterocycles. The molecule has 0 saturated heterocycles. The molecule has 9 nitrogen and oxygen atoms in total. The molecule has 0 unspecified atom stereocenters. The first-order valence-electron chi connectivity index (χ1n) is 11.8. The maximum atomic E-state index is 12.4. The normalized spacial score (nSPS) is 26.4. The van der Waals surface area contributed by atoms with Crippen molar-refractivity contribution >= 4 is 18.2 Å². The molecule has 0 aromatic rings. The van der Waals surface area contributed by atoms with Crippen LogP contribution in [0.2, 0.25) is 0 Å². The molecule has 2 saturated carbocycles. The van der Waals surface area contributed by atoms with Gasteiger partial charge in [-0.15, -0.1) is 0 Å². The Morgan fingerprint density at radius 3 is 1.03 bits per heavy atom. The van der Waals surface area contributed by atoms with Gasteiger partial charge in [-0.1, -0.05) is 0 Å². The van der Waals surface area contributed by atoms with Crippen molar-refractivity contribution in [3.05, 3.63) is 0 Å². The highest BCUT2D eigenvalue weighted by Gasteiger charge is 2.28. The fraction of sp³-hybridized carbons (Fsp3) is 0.870. The number of carbonyl (C=O) groups excluding carboxylic acids is 3. The third-order valence-corrected chi connectivity index (χ3v) is 5.57. The highest BCUT2D eigenvalue weighted by Crippen LogP contribution is 2.21. The van der Waals surface area contributed by atoms with Crippen molar-refractivity contribution in [3.8, 4) is 0 Å². The molecule has 9 heteroatoms. The van der Waals surface area contributed by atoms with Crippen LogP contribution in [-0.4, -0.2) is 53.6 Å². The number of carbonyl (C=O) groups is 3. The van der Waals surface area contributed by atoms with Crippen molar-refractivity contribution < 1.29 is 23.9 Å². The number of urea groups is 1. The molecule has 4 N–H and O–H groups in total. The van der Waals surface area contributed by atoms with E-state index in [2.05, 4.69) is 21.3 Å². The molecule has 2 rings (SSSR count). The van der Waals surface area contributed by atoms with Crippen LogP contribution in [0.4, 0.5) is 14.4 Å². The maximum absolute atomic E-state index is 12.4. The van der Waals surface area contributed by atoms with Crippen LogP contribution in [0.25, 0.3) is 0 Å². The number of alkyl carbamates (subject to hydrolysis) is 2. The zero-order chi connectivity index (χ0) is 23.9. The molecular formula is C23H42N4O5. The van der Waals surface area contributed by atoms with Crippen LogP contribution in [0.1, 0.15) is 92.9 Å². The average Bonchev–Trinajstić information content (AvgIpc) is 2.62. The van der Waals surface area contributed by atoms with Crippen LogP contribution >= 0.6 is 0 Å². The predicted molar refractivity (Wildman–Crippen MR) is 122 cm³/mol. The second-order valence-corrected chi connectivity index (χ2v) is 11.0. The molecule has 2 aliphatic carbocycles. The first kappa shape index (κ1) is 26.1. The topological polar surface area (TPSA) is 118 Å². The van der Waals surface area contributed by atoms with E-state index in [9.17, 15) is 14.4 Å². The van der Waals surface area contributed by atoms with Crippen LogP contribution in [0.15, 0.2) is 0 Å². The zero-order valence-electron chi connectivity index (χ0n) is 20.5. The smallest absolute Gasteiger partial charge is 0.407 e. The molecule has 184 valence electrons. The van der Waals surface area contributed by atoms with E-state index in [4.69, 9.17) is 9.47 Å². The molecule has 0 radical (unpaired) electrons. The molecule has 0 aliphatic heterocycles. The predicted octanol–water partition coefficient (Wildman–Crippen LogP) is 3.96. The van der Waals surface area contributed by atoms with Gasteiger partial charge in [-0.25, -0.2) is 14.4 Å². The Balaban J connectivity index is 1.61. The summed E-state index contributed by atoms with van der Waals surface area (Å²) in [6.45, 7) is 11.1. The Morgan fingerprint density at radius 2 is 0.781 bits per heavy atom. The van der Waals surface area contributed by atoms with Crippen molar-refractivity contribution in [2.45, 2.75) is 128 Å². The largest absolute Gasteiger partial charge is 0.444 e. The number of hydrogen-bond donors (Lipinski definition) is 4. The molecule has 4 amide bonds. The first-order valence-corrected chi connectivity index (χ1v) is 11.8. The summed E-state index contributed by atoms with van der Waals surface area (Å²) in [6.07, 6.45) is 5.75. The lowest BCUT2D eigenvalue weighted by molar-refractivity contribution is 0.0479. The molecule has 2 aliphatic rings. The number of hydrogen-bond acceptors (Lipinski definition) is 5. The van der Waals surface area contributed by atoms with Crippen molar-refractivity contribution in [1.82, 2.24) is 21.3 Å². The molecule has 0 aromatic carbocycles. The van der Waals surface area contributed by atoms with Gasteiger partial charge in [-0.2, -0.15) is 0 Å². The van der Waals surface area contributed by atoms with Gasteiger partial charge < -0.3 is 30.7 Å². The fourth-order valence-corrected chi connectivity index (χ4v) is 4.13. The van der Waals surface area contributed by atoms with Crippen LogP contribution in [-0.2, 0) is 9.47 Å². The van der Waals surface area contributed by atoms with E-state index in [0.29, 0.717) is 0 Å². The van der Waals surface area contributed by atoms with Crippen LogP contribution in [0, 0.1) is 0 Å². The van der Waals surface area contributed by atoms with Crippen LogP contribution in [0.3, 0.4) is 0 Å². The fourth-order valence-electron chi connectivity index (χ4n) is 4.13. The molecule has 0 spiro atoms. The van der Waals surface area contributed by atoms with Gasteiger partial charge in [0.25, 0.3) is 0 Å². The minimum atomic E-state index is -0.508. The summed E-state index contributed by atoms with van der Waals surface area (Å²) in [6, 6.07) is 0.239. The summed E-state index contributed by atoms with van der Waals surface area (Å²) in [7, 11) is 0. The summed E-state index contributed by atoms with van der Waals surface area (Å²) < 4.78 is 10.6. The van der Waals surface area contributed by atoms with Crippen LogP contribution in [0.5, 0.6) is 0 Å². The minimum Gasteiger partial charge on any atom is -0.444 e. The Bertz CT molecular complexity index is 586. The summed E-state index contributed by atoms with van der Waals surface area (Å²) in [5.74, 6) is 0. The van der Waals surface area contributed by atoms with E-state index in [1.807, 2.05) is 41.5 Å². The van der Waals surface area contributed by atoms with Crippen molar-refractivity contribution in [3.63, 3.8) is 0 Å². The second-order valence-electron chi connectivity index (χ2n) is 11.0. The van der Waals surface area contributed by atoms with E-state index < -0.39 is 11.2 Å². The average molecular weight is 455 g/mol. The molecular weight excluding hydrogens is 412 g/mol. The lowest BCUT2D eigenvalue weighted by atomic mass is 9.90. The van der Waals surface area contributed by atoms with E-state index in [1.54, 1.807) is 0 Å². The highest BCUT2D eigenvalue weighted by atomic mass is 16.6. The van der Waals surface area contributed by atoms with E-state index in [0.717, 1.165) is 51.4 Å². The Hall–Kier alpha value is -2.19. The Labute approximate surface area is 192 Å². The Morgan fingerprint density at radius 1 is 0.531 bits per heavy atom. The van der Waals surface area contributed by atoms with Gasteiger partial charge in [0.2, 0.25) is 0 Å². The molecule has 2 fully saturated rings. The van der Waals surface area contributed by atoms with Gasteiger partial charge in [0.05, 0.1) is 0 Å². The third kappa shape index (κ3) is 10.4. The lowest BCUT2D eigenvalue weighted by Crippen LogP contribution is -2.51. The van der Waals surface area contributed by atoms with Gasteiger partial charge in [-0.05, 0) is 92.9 Å². The van der Waals surface area contributed by atoms with E-state index in [1.165, 1.54) is 0 Å². The SMILES string of the molecule is CC(C)(C)OC(=O)NC1CCC(NC(=O)NC2CCC(NC(=O)OC(C)(C)C)CC2)CC1. The van der Waals surface area contributed by atoms with Gasteiger partial charge in [0.15, 0.2) is 0 Å². The molecule has 0 aromatic heterocycles. The maximum Gasteiger partial charge on any atom is 0.407 e. The van der Waals surface area contributed by atoms with Gasteiger partial charge in [-0.3, -0.25) is 0 Å². The number of rotatable bonds is 4. The summed E-state index contributed by atoms with van der Waals surface area (Å²) in [5.41, 5.74) is -1.02. The molecule has 0 atom stereocenters. The lowest BCUT2D eigenvalue weighted by Gasteiger charge is -2.32. The van der Waals surface area contributed by atoms with Gasteiger partial charge in [0, 0.05) is 24.2 Å². The summed E-state index contributed by atoms with van der Waals surface area (Å²) >= 11 is 0. The third-order valence-electron chi connectivity index (χ3n) is 5.57. The summed E-state index contributed by atoms with van der Waals surface area (Å²) in [4.78, 5) is 36.2. The quantitative estimate of drug-likeness (QED) is 0.513. The van der Waals surface area contributed by atoms with E-state index >= 15 is 0 Å². The molecule has 0 bridgehead atoms. The van der Waals surface area contributed by atoms with E-state index in [-0.39, 0.29) is 42.4 Å². The summed E-state index contributed by atoms with van der Waals surface area (Å²) in [5, 5.41) is 12.0. The highest BCUT2D eigenvalue weighted by molar-refractivity contribution is 5.74. The molecule has 32 heavy (non-hydrogen) atoms. The van der Waals surface area contributed by atoms with Crippen molar-refractivity contribution in [2.75, 3.05) is 0 Å². The standard InChI is InChI=1S/C23H42N4O5/c1-22(2,3)31-20(29)26-17-11-7-15(8-12-17)24-19(28)25-16-9-13-18(14-10-16)27-21(30)32-23(4,5)6/h15-18H,7-14H2,1-6H3,(H,26,29)(H,27,30)(H2,24,25,28). The number of amides is 4. The van der Waals surface area contributed by atoms with Crippen molar-refractivity contribution in [1.29, 1.82) is 0 Å². The monoisotopic (exact) mass is 454 g/mol. The van der Waals surface area contributed by atoms with Crippen LogP contribution < -0.4 is 21.3 Å². The van der Waals surface area contributed by atoms with Crippen molar-refractivity contribution in [2.24, 2.45) is 0 Å². The number of nitrogens with one attached hydrogen (secondary N) is 4.